The lowest BCUT2D eigenvalue weighted by atomic mass is 10.2. The first-order valence-electron chi connectivity index (χ1n) is 10.9. The van der Waals surface area contributed by atoms with Crippen molar-refractivity contribution in [1.29, 1.82) is 0 Å². The van der Waals surface area contributed by atoms with Crippen LogP contribution in [0.15, 0.2) is 71.8 Å². The van der Waals surface area contributed by atoms with E-state index in [0.29, 0.717) is 39.8 Å². The van der Waals surface area contributed by atoms with Gasteiger partial charge in [-0.3, -0.25) is 9.59 Å². The van der Waals surface area contributed by atoms with Gasteiger partial charge in [-0.05, 0) is 73.2 Å². The minimum absolute atomic E-state index is 0.223. The molecule has 10 heteroatoms. The van der Waals surface area contributed by atoms with Crippen LogP contribution >= 0.6 is 11.6 Å². The van der Waals surface area contributed by atoms with Gasteiger partial charge in [-0.25, -0.2) is 10.2 Å². The van der Waals surface area contributed by atoms with Crippen molar-refractivity contribution < 1.29 is 28.6 Å². The predicted octanol–water partition coefficient (Wildman–Crippen LogP) is 3.85. The average Bonchev–Trinajstić information content (AvgIpc) is 2.88. The normalized spacial score (nSPS) is 10.5. The number of ether oxygens (including phenoxy) is 3. The van der Waals surface area contributed by atoms with Crippen LogP contribution in [0, 0.1) is 0 Å². The molecule has 0 radical (unpaired) electrons. The summed E-state index contributed by atoms with van der Waals surface area (Å²) in [5.41, 5.74) is 3.60. The molecule has 0 unspecified atom stereocenters. The van der Waals surface area contributed by atoms with E-state index < -0.39 is 17.8 Å². The molecule has 3 rings (SSSR count). The van der Waals surface area contributed by atoms with E-state index in [0.717, 1.165) is 0 Å². The fourth-order valence-corrected chi connectivity index (χ4v) is 3.16. The smallest absolute Gasteiger partial charge is 0.343 e. The lowest BCUT2D eigenvalue weighted by molar-refractivity contribution is -0.120. The summed E-state index contributed by atoms with van der Waals surface area (Å²) in [5, 5.41) is 6.77. The van der Waals surface area contributed by atoms with E-state index in [9.17, 15) is 14.4 Å². The Hall–Kier alpha value is -4.37. The van der Waals surface area contributed by atoms with Crippen molar-refractivity contribution >= 4 is 35.6 Å². The van der Waals surface area contributed by atoms with E-state index in [2.05, 4.69) is 15.8 Å². The molecule has 9 nitrogen and oxygen atoms in total. The second kappa shape index (κ2) is 12.9. The zero-order valence-electron chi connectivity index (χ0n) is 19.6. The molecule has 0 saturated heterocycles. The molecule has 0 bridgehead atoms. The highest BCUT2D eigenvalue weighted by Gasteiger charge is 2.13. The number of methoxy groups -OCH3 is 1. The molecule has 0 aliphatic carbocycles. The topological polar surface area (TPSA) is 115 Å². The van der Waals surface area contributed by atoms with Crippen LogP contribution in [0.2, 0.25) is 5.02 Å². The van der Waals surface area contributed by atoms with Crippen LogP contribution in [-0.4, -0.2) is 44.3 Å². The van der Waals surface area contributed by atoms with Gasteiger partial charge in [0.25, 0.3) is 11.8 Å². The number of rotatable bonds is 10. The number of hydrazone groups is 1. The third kappa shape index (κ3) is 7.57. The highest BCUT2D eigenvalue weighted by molar-refractivity contribution is 6.31. The maximum absolute atomic E-state index is 12.5. The standard InChI is InChI=1S/C26H24ClN3O6/c1-3-35-21-10-8-18(9-11-21)26(33)36-22-12-7-17(13-23(22)34-2)15-29-30-24(31)16-28-25(32)19-5-4-6-20(27)14-19/h4-15H,3,16H2,1-2H3,(H,28,32)(H,30,31)/b29-15-. The molecule has 186 valence electrons. The van der Waals surface area contributed by atoms with Gasteiger partial charge >= 0.3 is 5.97 Å². The van der Waals surface area contributed by atoms with E-state index >= 15 is 0 Å². The van der Waals surface area contributed by atoms with Gasteiger partial charge in [0.05, 0.1) is 32.0 Å². The maximum atomic E-state index is 12.5. The molecule has 3 aromatic rings. The highest BCUT2D eigenvalue weighted by Crippen LogP contribution is 2.28. The van der Waals surface area contributed by atoms with Crippen LogP contribution in [-0.2, 0) is 4.79 Å². The zero-order valence-corrected chi connectivity index (χ0v) is 20.4. The number of esters is 1. The largest absolute Gasteiger partial charge is 0.494 e. The maximum Gasteiger partial charge on any atom is 0.343 e. The summed E-state index contributed by atoms with van der Waals surface area (Å²) < 4.78 is 16.1. The SMILES string of the molecule is CCOc1ccc(C(=O)Oc2ccc(/C=N\NC(=O)CNC(=O)c3cccc(Cl)c3)cc2OC)cc1. The third-order valence-corrected chi connectivity index (χ3v) is 4.93. The van der Waals surface area contributed by atoms with Crippen LogP contribution in [0.4, 0.5) is 0 Å². The third-order valence-electron chi connectivity index (χ3n) is 4.69. The van der Waals surface area contributed by atoms with E-state index in [1.807, 2.05) is 6.92 Å². The summed E-state index contributed by atoms with van der Waals surface area (Å²) >= 11 is 5.86. The van der Waals surface area contributed by atoms with Crippen LogP contribution in [0.5, 0.6) is 17.2 Å². The first kappa shape index (κ1) is 26.2. The Balaban J connectivity index is 1.53. The van der Waals surface area contributed by atoms with E-state index in [4.69, 9.17) is 25.8 Å². The highest BCUT2D eigenvalue weighted by atomic mass is 35.5. The fraction of sp³-hybridized carbons (Fsp3) is 0.154. The molecule has 2 N–H and O–H groups in total. The van der Waals surface area contributed by atoms with Gasteiger partial charge in [-0.15, -0.1) is 0 Å². The van der Waals surface area contributed by atoms with E-state index in [-0.39, 0.29) is 12.3 Å². The van der Waals surface area contributed by atoms with E-state index in [1.54, 1.807) is 60.7 Å². The Morgan fingerprint density at radius 2 is 1.75 bits per heavy atom. The molecule has 0 atom stereocenters. The Morgan fingerprint density at radius 3 is 2.44 bits per heavy atom. The lowest BCUT2D eigenvalue weighted by Gasteiger charge is -2.10. The van der Waals surface area contributed by atoms with Gasteiger partial charge in [-0.2, -0.15) is 5.10 Å². The number of nitrogens with one attached hydrogen (secondary N) is 2. The Bertz CT molecular complexity index is 1260. The van der Waals surface area contributed by atoms with Gasteiger partial charge < -0.3 is 19.5 Å². The number of amides is 2. The molecular formula is C26H24ClN3O6. The molecule has 0 spiro atoms. The molecule has 0 aliphatic rings. The number of benzene rings is 3. The van der Waals surface area contributed by atoms with Gasteiger partial charge in [-0.1, -0.05) is 17.7 Å². The minimum Gasteiger partial charge on any atom is -0.494 e. The summed E-state index contributed by atoms with van der Waals surface area (Å²) in [4.78, 5) is 36.5. The predicted molar refractivity (Wildman–Crippen MR) is 135 cm³/mol. The summed E-state index contributed by atoms with van der Waals surface area (Å²) in [6.45, 7) is 2.13. The van der Waals surface area contributed by atoms with Crippen LogP contribution in [0.1, 0.15) is 33.2 Å². The summed E-state index contributed by atoms with van der Waals surface area (Å²) in [7, 11) is 1.44. The molecule has 0 aliphatic heterocycles. The van der Waals surface area contributed by atoms with Crippen molar-refractivity contribution in [3.8, 4) is 17.2 Å². The molecule has 0 fully saturated rings. The van der Waals surface area contributed by atoms with Crippen molar-refractivity contribution in [3.63, 3.8) is 0 Å². The van der Waals surface area contributed by atoms with Crippen molar-refractivity contribution in [2.45, 2.75) is 6.92 Å². The Morgan fingerprint density at radius 1 is 0.972 bits per heavy atom. The summed E-state index contributed by atoms with van der Waals surface area (Å²) in [5.74, 6) is -0.318. The van der Waals surface area contributed by atoms with Crippen molar-refractivity contribution in [3.05, 3.63) is 88.4 Å². The van der Waals surface area contributed by atoms with Gasteiger partial charge in [0.15, 0.2) is 11.5 Å². The summed E-state index contributed by atoms with van der Waals surface area (Å²) in [6, 6.07) is 17.8. The van der Waals surface area contributed by atoms with Gasteiger partial charge in [0.1, 0.15) is 5.75 Å². The Labute approximate surface area is 213 Å². The van der Waals surface area contributed by atoms with Crippen LogP contribution in [0.3, 0.4) is 0 Å². The Kier molecular flexibility index (Phi) is 9.41. The van der Waals surface area contributed by atoms with E-state index in [1.165, 1.54) is 19.4 Å². The monoisotopic (exact) mass is 509 g/mol. The molecule has 0 heterocycles. The molecule has 3 aromatic carbocycles. The second-order valence-corrected chi connectivity index (χ2v) is 7.68. The number of halogens is 1. The average molecular weight is 510 g/mol. The molecular weight excluding hydrogens is 486 g/mol. The molecule has 0 saturated carbocycles. The first-order chi connectivity index (χ1) is 17.4. The second-order valence-electron chi connectivity index (χ2n) is 7.24. The van der Waals surface area contributed by atoms with Crippen molar-refractivity contribution in [1.82, 2.24) is 10.7 Å². The zero-order chi connectivity index (χ0) is 25.9. The number of hydrogen-bond acceptors (Lipinski definition) is 7. The summed E-state index contributed by atoms with van der Waals surface area (Å²) in [6.07, 6.45) is 1.39. The molecule has 0 aromatic heterocycles. The first-order valence-corrected chi connectivity index (χ1v) is 11.3. The van der Waals surface area contributed by atoms with Crippen LogP contribution in [0.25, 0.3) is 0 Å². The number of hydrogen-bond donors (Lipinski definition) is 2. The van der Waals surface area contributed by atoms with Crippen LogP contribution < -0.4 is 25.0 Å². The van der Waals surface area contributed by atoms with Gasteiger partial charge in [0.2, 0.25) is 0 Å². The molecule has 2 amide bonds. The number of nitrogens with zero attached hydrogens (tertiary/aromatic N) is 1. The minimum atomic E-state index is -0.551. The fourth-order valence-electron chi connectivity index (χ4n) is 2.97. The quantitative estimate of drug-likeness (QED) is 0.186. The lowest BCUT2D eigenvalue weighted by Crippen LogP contribution is -2.34. The van der Waals surface area contributed by atoms with Crippen molar-refractivity contribution in [2.75, 3.05) is 20.3 Å². The number of carbonyl (C=O) groups is 3. The number of carbonyl (C=O) groups excluding carboxylic acids is 3. The van der Waals surface area contributed by atoms with Gasteiger partial charge in [0, 0.05) is 10.6 Å². The van der Waals surface area contributed by atoms with Crippen molar-refractivity contribution in [2.24, 2.45) is 5.10 Å². The molecule has 36 heavy (non-hydrogen) atoms.